The van der Waals surface area contributed by atoms with Gasteiger partial charge in [-0.1, -0.05) is 11.6 Å². The fourth-order valence-electron chi connectivity index (χ4n) is 2.63. The molecule has 3 nitrogen and oxygen atoms in total. The third-order valence-electron chi connectivity index (χ3n) is 3.76. The predicted molar refractivity (Wildman–Crippen MR) is 79.4 cm³/mol. The molecule has 2 rings (SSSR count). The van der Waals surface area contributed by atoms with Gasteiger partial charge in [-0.2, -0.15) is 0 Å². The lowest BCUT2D eigenvalue weighted by molar-refractivity contribution is 0.389. The summed E-state index contributed by atoms with van der Waals surface area (Å²) in [6.45, 7) is 3.51. The van der Waals surface area contributed by atoms with E-state index in [2.05, 4.69) is 23.9 Å². The first kappa shape index (κ1) is 13.5. The van der Waals surface area contributed by atoms with E-state index in [0.717, 1.165) is 23.8 Å². The summed E-state index contributed by atoms with van der Waals surface area (Å²) in [7, 11) is 4.29. The van der Waals surface area contributed by atoms with Crippen LogP contribution in [0.2, 0.25) is 5.02 Å². The summed E-state index contributed by atoms with van der Waals surface area (Å²) in [5.74, 6) is 0.825. The van der Waals surface area contributed by atoms with E-state index < -0.39 is 0 Å². The molecule has 1 aliphatic heterocycles. The maximum Gasteiger partial charge on any atom is 0.0598 e. The highest BCUT2D eigenvalue weighted by Crippen LogP contribution is 2.27. The zero-order chi connectivity index (χ0) is 13.1. The van der Waals surface area contributed by atoms with Crippen molar-refractivity contribution in [2.45, 2.75) is 12.8 Å². The highest BCUT2D eigenvalue weighted by molar-refractivity contribution is 6.31. The summed E-state index contributed by atoms with van der Waals surface area (Å²) >= 11 is 5.91. The van der Waals surface area contributed by atoms with Crippen molar-refractivity contribution in [2.75, 3.05) is 44.4 Å². The molecule has 0 saturated carbocycles. The second kappa shape index (κ2) is 5.81. The Bertz CT molecular complexity index is 408. The highest BCUT2D eigenvalue weighted by atomic mass is 35.5. The molecule has 0 bridgehead atoms. The standard InChI is InChI=1S/C14H22ClN3/c1-17-7-5-11(10-17)6-8-18(2)14-4-3-12(15)9-13(14)16/h3-4,9,11H,5-8,10,16H2,1-2H3. The summed E-state index contributed by atoms with van der Waals surface area (Å²) < 4.78 is 0. The van der Waals surface area contributed by atoms with Crippen molar-refractivity contribution in [3.63, 3.8) is 0 Å². The molecule has 0 amide bonds. The topological polar surface area (TPSA) is 32.5 Å². The normalized spacial score (nSPS) is 20.3. The van der Waals surface area contributed by atoms with E-state index in [4.69, 9.17) is 17.3 Å². The monoisotopic (exact) mass is 267 g/mol. The quantitative estimate of drug-likeness (QED) is 0.852. The number of likely N-dealkylation sites (tertiary alicyclic amines) is 1. The average molecular weight is 268 g/mol. The van der Waals surface area contributed by atoms with Gasteiger partial charge >= 0.3 is 0 Å². The van der Waals surface area contributed by atoms with Crippen LogP contribution in [0.15, 0.2) is 18.2 Å². The fraction of sp³-hybridized carbons (Fsp3) is 0.571. The van der Waals surface area contributed by atoms with Gasteiger partial charge in [0.25, 0.3) is 0 Å². The van der Waals surface area contributed by atoms with Crippen LogP contribution in [0, 0.1) is 5.92 Å². The van der Waals surface area contributed by atoms with E-state index >= 15 is 0 Å². The largest absolute Gasteiger partial charge is 0.397 e. The number of halogens is 1. The summed E-state index contributed by atoms with van der Waals surface area (Å²) in [5, 5.41) is 0.696. The van der Waals surface area contributed by atoms with Gasteiger partial charge in [-0.25, -0.2) is 0 Å². The second-order valence-electron chi connectivity index (χ2n) is 5.33. The van der Waals surface area contributed by atoms with Crippen LogP contribution in [-0.2, 0) is 0 Å². The van der Waals surface area contributed by atoms with Crippen molar-refractivity contribution in [3.8, 4) is 0 Å². The summed E-state index contributed by atoms with van der Waals surface area (Å²) in [6, 6.07) is 5.71. The van der Waals surface area contributed by atoms with Crippen LogP contribution >= 0.6 is 11.6 Å². The lowest BCUT2D eigenvalue weighted by Gasteiger charge is -2.23. The molecule has 1 fully saturated rings. The van der Waals surface area contributed by atoms with Crippen LogP contribution in [0.5, 0.6) is 0 Å². The Hall–Kier alpha value is -0.930. The van der Waals surface area contributed by atoms with Gasteiger partial charge in [-0.3, -0.25) is 0 Å². The number of benzene rings is 1. The van der Waals surface area contributed by atoms with Crippen molar-refractivity contribution in [3.05, 3.63) is 23.2 Å². The molecule has 4 heteroatoms. The molecule has 1 saturated heterocycles. The fourth-order valence-corrected chi connectivity index (χ4v) is 2.81. The molecule has 2 N–H and O–H groups in total. The Kier molecular flexibility index (Phi) is 4.36. The number of nitrogens with two attached hydrogens (primary N) is 1. The Morgan fingerprint density at radius 2 is 2.28 bits per heavy atom. The number of hydrogen-bond donors (Lipinski definition) is 1. The van der Waals surface area contributed by atoms with Gasteiger partial charge < -0.3 is 15.5 Å². The SMILES string of the molecule is CN1CCC(CCN(C)c2ccc(Cl)cc2N)C1. The lowest BCUT2D eigenvalue weighted by Crippen LogP contribution is -2.23. The molecule has 1 aromatic rings. The van der Waals surface area contributed by atoms with Crippen molar-refractivity contribution >= 4 is 23.0 Å². The molecule has 0 aromatic heterocycles. The summed E-state index contributed by atoms with van der Waals surface area (Å²) in [4.78, 5) is 4.63. The number of hydrogen-bond acceptors (Lipinski definition) is 3. The molecular formula is C14H22ClN3. The predicted octanol–water partition coefficient (Wildman–Crippen LogP) is 2.70. The molecule has 100 valence electrons. The first-order valence-corrected chi connectivity index (χ1v) is 6.89. The van der Waals surface area contributed by atoms with E-state index in [1.54, 1.807) is 0 Å². The van der Waals surface area contributed by atoms with E-state index in [-0.39, 0.29) is 0 Å². The molecule has 18 heavy (non-hydrogen) atoms. The minimum atomic E-state index is 0.696. The zero-order valence-electron chi connectivity index (χ0n) is 11.2. The average Bonchev–Trinajstić information content (AvgIpc) is 2.72. The van der Waals surface area contributed by atoms with Crippen molar-refractivity contribution in [1.29, 1.82) is 0 Å². The molecule has 1 unspecified atom stereocenters. The molecule has 0 aliphatic carbocycles. The van der Waals surface area contributed by atoms with Gasteiger partial charge in [0.2, 0.25) is 0 Å². The zero-order valence-corrected chi connectivity index (χ0v) is 12.0. The van der Waals surface area contributed by atoms with Crippen LogP contribution in [0.25, 0.3) is 0 Å². The molecule has 0 radical (unpaired) electrons. The van der Waals surface area contributed by atoms with Gasteiger partial charge in [0, 0.05) is 25.2 Å². The molecule has 1 aliphatic rings. The second-order valence-corrected chi connectivity index (χ2v) is 5.77. The summed E-state index contributed by atoms with van der Waals surface area (Å²) in [5.41, 5.74) is 7.83. The minimum Gasteiger partial charge on any atom is -0.397 e. The Labute approximate surface area is 115 Å². The smallest absolute Gasteiger partial charge is 0.0598 e. The van der Waals surface area contributed by atoms with Gasteiger partial charge in [0.1, 0.15) is 0 Å². The first-order valence-electron chi connectivity index (χ1n) is 6.51. The van der Waals surface area contributed by atoms with Gasteiger partial charge in [0.05, 0.1) is 11.4 Å². The highest BCUT2D eigenvalue weighted by Gasteiger charge is 2.19. The van der Waals surface area contributed by atoms with Crippen LogP contribution in [0.3, 0.4) is 0 Å². The van der Waals surface area contributed by atoms with E-state index in [0.29, 0.717) is 5.02 Å². The number of nitrogens with zero attached hydrogens (tertiary/aromatic N) is 2. The maximum atomic E-state index is 5.99. The van der Waals surface area contributed by atoms with Crippen molar-refractivity contribution < 1.29 is 0 Å². The Balaban J connectivity index is 1.89. The van der Waals surface area contributed by atoms with Gasteiger partial charge in [-0.05, 0) is 50.6 Å². The van der Waals surface area contributed by atoms with Gasteiger partial charge in [0.15, 0.2) is 0 Å². The van der Waals surface area contributed by atoms with Crippen LogP contribution < -0.4 is 10.6 Å². The summed E-state index contributed by atoms with van der Waals surface area (Å²) in [6.07, 6.45) is 2.54. The molecule has 1 heterocycles. The molecule has 1 aromatic carbocycles. The van der Waals surface area contributed by atoms with Crippen molar-refractivity contribution in [1.82, 2.24) is 4.90 Å². The molecular weight excluding hydrogens is 246 g/mol. The molecule has 1 atom stereocenters. The van der Waals surface area contributed by atoms with E-state index in [9.17, 15) is 0 Å². The van der Waals surface area contributed by atoms with Crippen LogP contribution in [0.1, 0.15) is 12.8 Å². The number of nitrogen functional groups attached to an aromatic ring is 1. The minimum absolute atomic E-state index is 0.696. The maximum absolute atomic E-state index is 5.99. The van der Waals surface area contributed by atoms with E-state index in [1.165, 1.54) is 25.9 Å². The van der Waals surface area contributed by atoms with E-state index in [1.807, 2.05) is 18.2 Å². The van der Waals surface area contributed by atoms with Crippen LogP contribution in [0.4, 0.5) is 11.4 Å². The van der Waals surface area contributed by atoms with Crippen molar-refractivity contribution in [2.24, 2.45) is 5.92 Å². The van der Waals surface area contributed by atoms with Crippen LogP contribution in [-0.4, -0.2) is 38.6 Å². The van der Waals surface area contributed by atoms with Gasteiger partial charge in [-0.15, -0.1) is 0 Å². The lowest BCUT2D eigenvalue weighted by atomic mass is 10.0. The third kappa shape index (κ3) is 3.30. The Morgan fingerprint density at radius 3 is 2.89 bits per heavy atom. The third-order valence-corrected chi connectivity index (χ3v) is 4.00. The Morgan fingerprint density at radius 1 is 1.50 bits per heavy atom. The number of rotatable bonds is 4. The molecule has 0 spiro atoms. The number of anilines is 2. The first-order chi connectivity index (χ1) is 8.56.